The number of hydrogen-bond acceptors (Lipinski definition) is 4. The van der Waals surface area contributed by atoms with Crippen LogP contribution in [0.2, 0.25) is 0 Å². The second kappa shape index (κ2) is 30.4. The molecule has 0 aliphatic heterocycles. The largest absolute Gasteiger partial charge is 0.377 e. The molecule has 0 saturated carbocycles. The molecule has 0 atom stereocenters. The van der Waals surface area contributed by atoms with E-state index in [-0.39, 0.29) is 0 Å². The zero-order valence-electron chi connectivity index (χ0n) is 42.3. The standard InChI is InChI=1S/C67H70I2O4/c68-66-34-32-52(33-35-66)26-13-27-59-43-63(62-41-57(28-14-36-70-48-53-18-5-1-6-19-53)40-58(42-62)29-15-37-71-49-54-20-7-2-8-21-54)47-64(44-59)65-45-60(30-16-38-72-50-55-22-9-3-10-23-55)67(69)61(46-65)31-17-39-73-51-56-24-11-4-12-25-56/h1-12,18-25,32-35,40-47H,13-17,26-31,36-39,48-51H2. The molecule has 0 N–H and O–H groups in total. The van der Waals surface area contributed by atoms with Gasteiger partial charge in [0, 0.05) is 33.6 Å². The van der Waals surface area contributed by atoms with E-state index in [0.717, 1.165) is 97.1 Å². The van der Waals surface area contributed by atoms with Gasteiger partial charge in [0.1, 0.15) is 0 Å². The number of hydrogen-bond donors (Lipinski definition) is 0. The second-order valence-electron chi connectivity index (χ2n) is 19.1. The molecule has 0 saturated heterocycles. The van der Waals surface area contributed by atoms with Crippen molar-refractivity contribution >= 4 is 45.2 Å². The van der Waals surface area contributed by atoms with Crippen LogP contribution in [0.25, 0.3) is 22.3 Å². The fourth-order valence-electron chi connectivity index (χ4n) is 9.36. The van der Waals surface area contributed by atoms with E-state index < -0.39 is 0 Å². The molecule has 0 unspecified atom stereocenters. The second-order valence-corrected chi connectivity index (χ2v) is 21.4. The highest BCUT2D eigenvalue weighted by Crippen LogP contribution is 2.34. The predicted octanol–water partition coefficient (Wildman–Crippen LogP) is 17.0. The van der Waals surface area contributed by atoms with Crippen LogP contribution in [0.5, 0.6) is 0 Å². The Morgan fingerprint density at radius 2 is 0.575 bits per heavy atom. The van der Waals surface area contributed by atoms with Crippen LogP contribution in [0.3, 0.4) is 0 Å². The van der Waals surface area contributed by atoms with E-state index in [2.05, 4.69) is 239 Å². The zero-order chi connectivity index (χ0) is 50.1. The highest BCUT2D eigenvalue weighted by Gasteiger charge is 2.15. The quantitative estimate of drug-likeness (QED) is 0.0332. The van der Waals surface area contributed by atoms with Crippen molar-refractivity contribution in [1.82, 2.24) is 0 Å². The Kier molecular flexibility index (Phi) is 22.6. The van der Waals surface area contributed by atoms with E-state index in [1.165, 1.54) is 85.0 Å². The van der Waals surface area contributed by atoms with E-state index in [1.54, 1.807) is 0 Å². The molecule has 0 aliphatic carbocycles. The number of benzene rings is 8. The van der Waals surface area contributed by atoms with Crippen molar-refractivity contribution in [2.75, 3.05) is 26.4 Å². The van der Waals surface area contributed by atoms with Crippen molar-refractivity contribution in [2.45, 2.75) is 97.1 Å². The topological polar surface area (TPSA) is 36.9 Å². The molecule has 0 fully saturated rings. The summed E-state index contributed by atoms with van der Waals surface area (Å²) in [5.41, 5.74) is 18.2. The summed E-state index contributed by atoms with van der Waals surface area (Å²) in [7, 11) is 0. The maximum absolute atomic E-state index is 6.21. The molecule has 0 bridgehead atoms. The van der Waals surface area contributed by atoms with Crippen LogP contribution in [-0.2, 0) is 83.9 Å². The van der Waals surface area contributed by atoms with E-state index >= 15 is 0 Å². The molecule has 0 radical (unpaired) electrons. The summed E-state index contributed by atoms with van der Waals surface area (Å²) >= 11 is 5.01. The minimum Gasteiger partial charge on any atom is -0.377 e. The van der Waals surface area contributed by atoms with E-state index in [4.69, 9.17) is 18.9 Å². The molecule has 8 aromatic carbocycles. The van der Waals surface area contributed by atoms with Gasteiger partial charge in [-0.1, -0.05) is 176 Å². The molecular formula is C67H70I2O4. The Bertz CT molecular complexity index is 2700. The highest BCUT2D eigenvalue weighted by atomic mass is 127. The lowest BCUT2D eigenvalue weighted by Crippen LogP contribution is -2.03. The van der Waals surface area contributed by atoms with E-state index in [1.807, 2.05) is 0 Å². The monoisotopic (exact) mass is 1190 g/mol. The minimum atomic E-state index is 0.637. The number of ether oxygens (including phenoxy) is 4. The lowest BCUT2D eigenvalue weighted by atomic mass is 9.90. The van der Waals surface area contributed by atoms with Gasteiger partial charge in [0.25, 0.3) is 0 Å². The Morgan fingerprint density at radius 3 is 0.973 bits per heavy atom. The lowest BCUT2D eigenvalue weighted by molar-refractivity contribution is 0.118. The van der Waals surface area contributed by atoms with Crippen LogP contribution in [0, 0.1) is 7.14 Å². The molecule has 4 nitrogen and oxygen atoms in total. The minimum absolute atomic E-state index is 0.637. The third-order valence-corrected chi connectivity index (χ3v) is 15.3. The number of rotatable bonds is 30. The van der Waals surface area contributed by atoms with Crippen molar-refractivity contribution in [3.8, 4) is 22.3 Å². The smallest absolute Gasteiger partial charge is 0.0716 e. The zero-order valence-corrected chi connectivity index (χ0v) is 46.6. The molecular weight excluding hydrogens is 1120 g/mol. The molecule has 0 heterocycles. The summed E-state index contributed by atoms with van der Waals surface area (Å²) in [6.07, 6.45) is 10.8. The van der Waals surface area contributed by atoms with Gasteiger partial charge in [0.15, 0.2) is 0 Å². The Labute approximate surface area is 463 Å². The van der Waals surface area contributed by atoms with E-state index in [9.17, 15) is 0 Å². The first-order valence-electron chi connectivity index (χ1n) is 26.3. The van der Waals surface area contributed by atoms with Gasteiger partial charge in [-0.2, -0.15) is 0 Å². The highest BCUT2D eigenvalue weighted by molar-refractivity contribution is 14.1. The maximum atomic E-state index is 6.21. The first kappa shape index (κ1) is 54.3. The first-order valence-corrected chi connectivity index (χ1v) is 28.5. The normalized spacial score (nSPS) is 11.3. The van der Waals surface area contributed by atoms with Crippen LogP contribution in [0.15, 0.2) is 194 Å². The Hall–Kier alpha value is -4.94. The molecule has 8 aromatic rings. The third kappa shape index (κ3) is 18.7. The van der Waals surface area contributed by atoms with Gasteiger partial charge in [0.2, 0.25) is 0 Å². The van der Waals surface area contributed by atoms with Gasteiger partial charge in [-0.15, -0.1) is 0 Å². The van der Waals surface area contributed by atoms with Crippen molar-refractivity contribution in [1.29, 1.82) is 0 Å². The van der Waals surface area contributed by atoms with Crippen LogP contribution in [0.4, 0.5) is 0 Å². The average Bonchev–Trinajstić information content (AvgIpc) is 3.43. The number of aryl methyl sites for hydroxylation is 6. The van der Waals surface area contributed by atoms with Crippen molar-refractivity contribution in [2.24, 2.45) is 0 Å². The molecule has 0 aliphatic rings. The SMILES string of the molecule is Ic1ccc(CCCc2cc(-c3cc(CCCOCc4ccccc4)cc(CCCOCc4ccccc4)c3)cc(-c3cc(CCCOCc4ccccc4)c(I)c(CCCOCc4ccccc4)c3)c2)cc1. The van der Waals surface area contributed by atoms with Crippen LogP contribution in [-0.4, -0.2) is 26.4 Å². The predicted molar refractivity (Wildman–Crippen MR) is 319 cm³/mol. The fourth-order valence-corrected chi connectivity index (χ4v) is 10.6. The summed E-state index contributed by atoms with van der Waals surface area (Å²) in [6.45, 7) is 5.43. The summed E-state index contributed by atoms with van der Waals surface area (Å²) in [5, 5.41) is 0. The number of halogens is 2. The molecule has 0 aromatic heterocycles. The summed E-state index contributed by atoms with van der Waals surface area (Å²) in [5.74, 6) is 0. The molecule has 6 heteroatoms. The van der Waals surface area contributed by atoms with Crippen LogP contribution < -0.4 is 0 Å². The van der Waals surface area contributed by atoms with Gasteiger partial charge in [0.05, 0.1) is 26.4 Å². The van der Waals surface area contributed by atoms with E-state index in [0.29, 0.717) is 26.4 Å². The van der Waals surface area contributed by atoms with Gasteiger partial charge >= 0.3 is 0 Å². The van der Waals surface area contributed by atoms with Crippen molar-refractivity contribution in [3.05, 3.63) is 257 Å². The summed E-state index contributed by atoms with van der Waals surface area (Å²) in [6, 6.07) is 70.6. The Morgan fingerprint density at radius 1 is 0.260 bits per heavy atom. The molecule has 0 amide bonds. The Balaban J connectivity index is 1.07. The molecule has 8 rings (SSSR count). The lowest BCUT2D eigenvalue weighted by Gasteiger charge is -2.17. The molecule has 73 heavy (non-hydrogen) atoms. The summed E-state index contributed by atoms with van der Waals surface area (Å²) in [4.78, 5) is 0. The van der Waals surface area contributed by atoms with Crippen LogP contribution in [0.1, 0.15) is 87.7 Å². The van der Waals surface area contributed by atoms with Gasteiger partial charge in [-0.25, -0.2) is 0 Å². The first-order chi connectivity index (χ1) is 36.0. The van der Waals surface area contributed by atoms with Gasteiger partial charge < -0.3 is 18.9 Å². The molecule has 0 spiro atoms. The average molecular weight is 1190 g/mol. The molecule has 376 valence electrons. The van der Waals surface area contributed by atoms with Gasteiger partial charge in [-0.05, 0) is 212 Å². The maximum Gasteiger partial charge on any atom is 0.0716 e. The van der Waals surface area contributed by atoms with Crippen molar-refractivity contribution in [3.63, 3.8) is 0 Å². The third-order valence-electron chi connectivity index (χ3n) is 13.2. The van der Waals surface area contributed by atoms with Crippen LogP contribution >= 0.6 is 45.2 Å². The van der Waals surface area contributed by atoms with Gasteiger partial charge in [-0.3, -0.25) is 0 Å². The van der Waals surface area contributed by atoms with Crippen molar-refractivity contribution < 1.29 is 18.9 Å². The fraction of sp³-hybridized carbons (Fsp3) is 0.284. The summed E-state index contributed by atoms with van der Waals surface area (Å²) < 4.78 is 27.4.